The largest absolute Gasteiger partial charge is 0.496 e. The lowest BCUT2D eigenvalue weighted by Crippen LogP contribution is -2.21. The molecule has 0 spiro atoms. The number of methoxy groups -OCH3 is 1. The van der Waals surface area contributed by atoms with Crippen molar-refractivity contribution in [1.82, 2.24) is 0 Å². The molecule has 1 atom stereocenters. The van der Waals surface area contributed by atoms with Gasteiger partial charge in [0, 0.05) is 17.5 Å². The van der Waals surface area contributed by atoms with E-state index in [-0.39, 0.29) is 12.1 Å². The van der Waals surface area contributed by atoms with E-state index >= 15 is 0 Å². The van der Waals surface area contributed by atoms with Gasteiger partial charge < -0.3 is 14.2 Å². The Hall–Kier alpha value is -1.55. The van der Waals surface area contributed by atoms with Crippen LogP contribution in [0.1, 0.15) is 49.8 Å². The van der Waals surface area contributed by atoms with E-state index in [1.54, 1.807) is 7.11 Å². The molecule has 4 heteroatoms. The molecule has 21 heavy (non-hydrogen) atoms. The standard InChI is InChI=1S/C17H24O4/c1-5-6-7-16(18)21-17-12(3)15(19-4)9-13-8-11(2)20-10-14(13)17/h9,11H,5-8,10H2,1-4H3. The molecule has 1 aromatic rings. The van der Waals surface area contributed by atoms with Crippen LogP contribution in [0.3, 0.4) is 0 Å². The minimum atomic E-state index is -0.186. The molecule has 0 radical (unpaired) electrons. The fourth-order valence-electron chi connectivity index (χ4n) is 2.61. The maximum absolute atomic E-state index is 12.0. The smallest absolute Gasteiger partial charge is 0.311 e. The van der Waals surface area contributed by atoms with E-state index in [0.717, 1.165) is 41.7 Å². The Morgan fingerprint density at radius 1 is 1.48 bits per heavy atom. The summed E-state index contributed by atoms with van der Waals surface area (Å²) >= 11 is 0. The highest BCUT2D eigenvalue weighted by molar-refractivity contribution is 5.74. The highest BCUT2D eigenvalue weighted by Crippen LogP contribution is 2.38. The number of fused-ring (bicyclic) bond motifs is 1. The molecular formula is C17H24O4. The molecule has 0 amide bonds. The number of esters is 1. The molecule has 1 heterocycles. The summed E-state index contributed by atoms with van der Waals surface area (Å²) < 4.78 is 16.7. The predicted octanol–water partition coefficient (Wildman–Crippen LogP) is 3.56. The zero-order valence-corrected chi connectivity index (χ0v) is 13.3. The third-order valence-corrected chi connectivity index (χ3v) is 3.87. The highest BCUT2D eigenvalue weighted by Gasteiger charge is 2.24. The molecule has 0 bridgehead atoms. The molecule has 0 fully saturated rings. The van der Waals surface area contributed by atoms with Crippen LogP contribution in [0.5, 0.6) is 11.5 Å². The topological polar surface area (TPSA) is 44.8 Å². The summed E-state index contributed by atoms with van der Waals surface area (Å²) in [5.74, 6) is 1.20. The van der Waals surface area contributed by atoms with Crippen molar-refractivity contribution in [3.8, 4) is 11.5 Å². The van der Waals surface area contributed by atoms with Gasteiger partial charge in [0.25, 0.3) is 0 Å². The Bertz CT molecular complexity index is 522. The second-order valence-corrected chi connectivity index (χ2v) is 5.57. The summed E-state index contributed by atoms with van der Waals surface area (Å²) in [6, 6.07) is 2.03. The minimum Gasteiger partial charge on any atom is -0.496 e. The van der Waals surface area contributed by atoms with E-state index in [1.165, 1.54) is 0 Å². The van der Waals surface area contributed by atoms with Crippen molar-refractivity contribution < 1.29 is 19.0 Å². The van der Waals surface area contributed by atoms with Crippen molar-refractivity contribution in [2.24, 2.45) is 0 Å². The Morgan fingerprint density at radius 2 is 2.24 bits per heavy atom. The Kier molecular flexibility index (Phi) is 5.23. The van der Waals surface area contributed by atoms with Crippen molar-refractivity contribution in [2.75, 3.05) is 7.11 Å². The molecule has 2 rings (SSSR count). The Labute approximate surface area is 126 Å². The summed E-state index contributed by atoms with van der Waals surface area (Å²) in [5.41, 5.74) is 2.99. The summed E-state index contributed by atoms with van der Waals surface area (Å²) in [7, 11) is 1.64. The number of carbonyl (C=O) groups excluding carboxylic acids is 1. The second kappa shape index (κ2) is 6.94. The molecule has 1 aliphatic rings. The van der Waals surface area contributed by atoms with Gasteiger partial charge in [0.05, 0.1) is 19.8 Å². The predicted molar refractivity (Wildman–Crippen MR) is 80.8 cm³/mol. The van der Waals surface area contributed by atoms with Gasteiger partial charge in [-0.1, -0.05) is 13.3 Å². The van der Waals surface area contributed by atoms with Gasteiger partial charge in [-0.15, -0.1) is 0 Å². The molecule has 0 saturated heterocycles. The molecule has 0 N–H and O–H groups in total. The first-order chi connectivity index (χ1) is 10.1. The van der Waals surface area contributed by atoms with Crippen LogP contribution in [0.2, 0.25) is 0 Å². The summed E-state index contributed by atoms with van der Waals surface area (Å²) in [4.78, 5) is 12.0. The van der Waals surface area contributed by atoms with Gasteiger partial charge in [0.2, 0.25) is 0 Å². The first-order valence-electron chi connectivity index (χ1n) is 7.58. The summed E-state index contributed by atoms with van der Waals surface area (Å²) in [6.07, 6.45) is 3.25. The monoisotopic (exact) mass is 292 g/mol. The zero-order chi connectivity index (χ0) is 15.4. The SMILES string of the molecule is CCCCC(=O)Oc1c(C)c(OC)cc2c1COC(C)C2. The van der Waals surface area contributed by atoms with Crippen LogP contribution in [-0.2, 0) is 22.6 Å². The number of hydrogen-bond donors (Lipinski definition) is 0. The van der Waals surface area contributed by atoms with Crippen molar-refractivity contribution >= 4 is 5.97 Å². The van der Waals surface area contributed by atoms with Gasteiger partial charge in [-0.2, -0.15) is 0 Å². The van der Waals surface area contributed by atoms with Gasteiger partial charge in [-0.05, 0) is 38.3 Å². The molecule has 0 aromatic heterocycles. The minimum absolute atomic E-state index is 0.175. The van der Waals surface area contributed by atoms with Crippen LogP contribution in [0.25, 0.3) is 0 Å². The lowest BCUT2D eigenvalue weighted by atomic mass is 9.95. The molecule has 0 saturated carbocycles. The Morgan fingerprint density at radius 3 is 2.90 bits per heavy atom. The van der Waals surface area contributed by atoms with Crippen molar-refractivity contribution in [1.29, 1.82) is 0 Å². The van der Waals surface area contributed by atoms with Gasteiger partial charge in [-0.3, -0.25) is 4.79 Å². The van der Waals surface area contributed by atoms with E-state index in [2.05, 4.69) is 6.92 Å². The van der Waals surface area contributed by atoms with E-state index in [1.807, 2.05) is 19.9 Å². The fraction of sp³-hybridized carbons (Fsp3) is 0.588. The zero-order valence-electron chi connectivity index (χ0n) is 13.3. The lowest BCUT2D eigenvalue weighted by Gasteiger charge is -2.26. The molecule has 0 aliphatic carbocycles. The van der Waals surface area contributed by atoms with Gasteiger partial charge in [-0.25, -0.2) is 0 Å². The van der Waals surface area contributed by atoms with E-state index in [0.29, 0.717) is 18.8 Å². The molecule has 1 aromatic carbocycles. The normalized spacial score (nSPS) is 17.2. The van der Waals surface area contributed by atoms with E-state index in [9.17, 15) is 4.79 Å². The maximum Gasteiger partial charge on any atom is 0.311 e. The first kappa shape index (κ1) is 15.8. The van der Waals surface area contributed by atoms with Gasteiger partial charge >= 0.3 is 5.97 Å². The number of rotatable bonds is 5. The second-order valence-electron chi connectivity index (χ2n) is 5.57. The van der Waals surface area contributed by atoms with Crippen LogP contribution in [0.15, 0.2) is 6.07 Å². The third-order valence-electron chi connectivity index (χ3n) is 3.87. The summed E-state index contributed by atoms with van der Waals surface area (Å²) in [5, 5.41) is 0. The van der Waals surface area contributed by atoms with Crippen LogP contribution in [-0.4, -0.2) is 19.2 Å². The Balaban J connectivity index is 2.34. The van der Waals surface area contributed by atoms with Crippen LogP contribution in [0.4, 0.5) is 0 Å². The van der Waals surface area contributed by atoms with Crippen LogP contribution in [0, 0.1) is 6.92 Å². The van der Waals surface area contributed by atoms with Crippen LogP contribution >= 0.6 is 0 Å². The number of ether oxygens (including phenoxy) is 3. The molecule has 1 unspecified atom stereocenters. The average Bonchev–Trinajstić information content (AvgIpc) is 2.47. The van der Waals surface area contributed by atoms with Gasteiger partial charge in [0.15, 0.2) is 0 Å². The molecule has 116 valence electrons. The summed E-state index contributed by atoms with van der Waals surface area (Å²) in [6.45, 7) is 6.50. The highest BCUT2D eigenvalue weighted by atomic mass is 16.5. The number of unbranched alkanes of at least 4 members (excludes halogenated alkanes) is 1. The number of hydrogen-bond acceptors (Lipinski definition) is 4. The maximum atomic E-state index is 12.0. The van der Waals surface area contributed by atoms with E-state index < -0.39 is 0 Å². The van der Waals surface area contributed by atoms with Crippen molar-refractivity contribution in [3.63, 3.8) is 0 Å². The number of benzene rings is 1. The number of carbonyl (C=O) groups is 1. The van der Waals surface area contributed by atoms with E-state index in [4.69, 9.17) is 14.2 Å². The fourth-order valence-corrected chi connectivity index (χ4v) is 2.61. The van der Waals surface area contributed by atoms with Crippen molar-refractivity contribution in [3.05, 3.63) is 22.8 Å². The van der Waals surface area contributed by atoms with Crippen LogP contribution < -0.4 is 9.47 Å². The quantitative estimate of drug-likeness (QED) is 0.615. The molecule has 1 aliphatic heterocycles. The average molecular weight is 292 g/mol. The first-order valence-corrected chi connectivity index (χ1v) is 7.58. The third kappa shape index (κ3) is 3.56. The lowest BCUT2D eigenvalue weighted by molar-refractivity contribution is -0.134. The molecule has 4 nitrogen and oxygen atoms in total. The van der Waals surface area contributed by atoms with Crippen molar-refractivity contribution in [2.45, 2.75) is 59.2 Å². The van der Waals surface area contributed by atoms with Gasteiger partial charge in [0.1, 0.15) is 11.5 Å². The molecular weight excluding hydrogens is 268 g/mol.